The van der Waals surface area contributed by atoms with Crippen LogP contribution in [0.3, 0.4) is 0 Å². The van der Waals surface area contributed by atoms with Crippen molar-refractivity contribution < 1.29 is 13.5 Å². The Bertz CT molecular complexity index is 501. The number of alkyl halides is 2. The normalized spacial score (nSPS) is 26.1. The van der Waals surface area contributed by atoms with Gasteiger partial charge in [-0.2, -0.15) is 8.78 Å². The molecule has 1 aromatic rings. The Kier molecular flexibility index (Phi) is 4.62. The molecule has 0 radical (unpaired) electrons. The highest BCUT2D eigenvalue weighted by molar-refractivity contribution is 6.30. The molecule has 2 fully saturated rings. The number of hydrogen-bond acceptors (Lipinski definition) is 3. The molecule has 0 saturated carbocycles. The molecule has 3 rings (SSSR count). The molecule has 1 aromatic carbocycles. The van der Waals surface area contributed by atoms with Crippen LogP contribution in [0.2, 0.25) is 5.02 Å². The molecule has 2 saturated heterocycles. The van der Waals surface area contributed by atoms with Gasteiger partial charge in [0.1, 0.15) is 5.75 Å². The maximum Gasteiger partial charge on any atom is 0.387 e. The van der Waals surface area contributed by atoms with Crippen LogP contribution in [0.25, 0.3) is 0 Å². The molecule has 2 aliphatic rings. The molecular weight excluding hydrogens is 298 g/mol. The van der Waals surface area contributed by atoms with Crippen LogP contribution in [0.15, 0.2) is 18.2 Å². The summed E-state index contributed by atoms with van der Waals surface area (Å²) >= 11 is 5.99. The van der Waals surface area contributed by atoms with E-state index in [2.05, 4.69) is 15.0 Å². The SMILES string of the molecule is FC(F)Oc1ccc(Cl)cc1CN1CCC2CCC(C1)N2. The van der Waals surface area contributed by atoms with E-state index in [0.717, 1.165) is 25.1 Å². The van der Waals surface area contributed by atoms with E-state index in [0.29, 0.717) is 23.7 Å². The number of nitrogens with one attached hydrogen (secondary N) is 1. The van der Waals surface area contributed by atoms with Crippen molar-refractivity contribution in [1.82, 2.24) is 10.2 Å². The van der Waals surface area contributed by atoms with Gasteiger partial charge < -0.3 is 10.1 Å². The second kappa shape index (κ2) is 6.46. The number of nitrogens with zero attached hydrogens (tertiary/aromatic N) is 1. The molecule has 2 atom stereocenters. The molecule has 0 amide bonds. The van der Waals surface area contributed by atoms with Gasteiger partial charge in [-0.3, -0.25) is 4.90 Å². The highest BCUT2D eigenvalue weighted by atomic mass is 35.5. The Morgan fingerprint density at radius 2 is 2.10 bits per heavy atom. The first-order chi connectivity index (χ1) is 10.1. The van der Waals surface area contributed by atoms with Crippen molar-refractivity contribution in [2.45, 2.75) is 44.5 Å². The Morgan fingerprint density at radius 1 is 1.29 bits per heavy atom. The summed E-state index contributed by atoms with van der Waals surface area (Å²) in [5.74, 6) is 0.219. The quantitative estimate of drug-likeness (QED) is 0.922. The molecule has 21 heavy (non-hydrogen) atoms. The topological polar surface area (TPSA) is 24.5 Å². The maximum absolute atomic E-state index is 12.5. The van der Waals surface area contributed by atoms with Crippen molar-refractivity contribution in [1.29, 1.82) is 0 Å². The van der Waals surface area contributed by atoms with Gasteiger partial charge in [0.15, 0.2) is 0 Å². The second-order valence-corrected chi connectivity index (χ2v) is 6.23. The van der Waals surface area contributed by atoms with Crippen LogP contribution in [-0.4, -0.2) is 36.7 Å². The summed E-state index contributed by atoms with van der Waals surface area (Å²) in [5.41, 5.74) is 0.723. The molecule has 3 nitrogen and oxygen atoms in total. The number of ether oxygens (including phenoxy) is 1. The van der Waals surface area contributed by atoms with Gasteiger partial charge in [0.05, 0.1) is 0 Å². The van der Waals surface area contributed by atoms with E-state index < -0.39 is 6.61 Å². The highest BCUT2D eigenvalue weighted by Gasteiger charge is 2.29. The molecule has 2 heterocycles. The van der Waals surface area contributed by atoms with Crippen LogP contribution >= 0.6 is 11.6 Å². The molecule has 0 spiro atoms. The lowest BCUT2D eigenvalue weighted by atomic mass is 10.1. The van der Waals surface area contributed by atoms with E-state index in [1.54, 1.807) is 12.1 Å². The van der Waals surface area contributed by atoms with Crippen LogP contribution in [0.1, 0.15) is 24.8 Å². The van der Waals surface area contributed by atoms with E-state index in [1.807, 2.05) is 0 Å². The second-order valence-electron chi connectivity index (χ2n) is 5.79. The van der Waals surface area contributed by atoms with Gasteiger partial charge in [0.2, 0.25) is 0 Å². The Morgan fingerprint density at radius 3 is 2.90 bits per heavy atom. The van der Waals surface area contributed by atoms with E-state index in [9.17, 15) is 8.78 Å². The third kappa shape index (κ3) is 3.84. The molecule has 2 unspecified atom stereocenters. The van der Waals surface area contributed by atoms with E-state index >= 15 is 0 Å². The Balaban J connectivity index is 1.72. The number of fused-ring (bicyclic) bond motifs is 2. The van der Waals surface area contributed by atoms with Crippen LogP contribution in [-0.2, 0) is 6.54 Å². The number of halogens is 3. The van der Waals surface area contributed by atoms with Crippen LogP contribution in [0.4, 0.5) is 8.78 Å². The summed E-state index contributed by atoms with van der Waals surface area (Å²) in [4.78, 5) is 2.29. The van der Waals surface area contributed by atoms with E-state index in [1.165, 1.54) is 18.9 Å². The van der Waals surface area contributed by atoms with Crippen LogP contribution in [0.5, 0.6) is 5.75 Å². The van der Waals surface area contributed by atoms with Gasteiger partial charge >= 0.3 is 6.61 Å². The standard InChI is InChI=1S/C15H19ClF2N2O/c16-11-1-4-14(21-15(17)18)10(7-11)8-20-6-5-12-2-3-13(9-20)19-12/h1,4,7,12-13,15,19H,2-3,5-6,8-9H2. The summed E-state index contributed by atoms with van der Waals surface area (Å²) in [6, 6.07) is 5.93. The fourth-order valence-electron chi connectivity index (χ4n) is 3.28. The fraction of sp³-hybridized carbons (Fsp3) is 0.600. The molecule has 116 valence electrons. The van der Waals surface area contributed by atoms with Gasteiger partial charge in [-0.05, 0) is 37.5 Å². The lowest BCUT2D eigenvalue weighted by molar-refractivity contribution is -0.0507. The predicted octanol–water partition coefficient (Wildman–Crippen LogP) is 3.27. The number of likely N-dealkylation sites (tertiary alicyclic amines) is 1. The predicted molar refractivity (Wildman–Crippen MR) is 77.9 cm³/mol. The van der Waals surface area contributed by atoms with Crippen molar-refractivity contribution in [3.63, 3.8) is 0 Å². The fourth-order valence-corrected chi connectivity index (χ4v) is 3.48. The van der Waals surface area contributed by atoms with Crippen molar-refractivity contribution in [2.75, 3.05) is 13.1 Å². The van der Waals surface area contributed by atoms with Crippen LogP contribution < -0.4 is 10.1 Å². The summed E-state index contributed by atoms with van der Waals surface area (Å²) in [6.45, 7) is -0.314. The zero-order valence-electron chi connectivity index (χ0n) is 11.7. The smallest absolute Gasteiger partial charge is 0.387 e. The molecule has 6 heteroatoms. The monoisotopic (exact) mass is 316 g/mol. The van der Waals surface area contributed by atoms with Crippen molar-refractivity contribution in [3.05, 3.63) is 28.8 Å². The van der Waals surface area contributed by atoms with Gasteiger partial charge in [0.25, 0.3) is 0 Å². The van der Waals surface area contributed by atoms with Crippen molar-refractivity contribution >= 4 is 11.6 Å². The molecule has 1 N–H and O–H groups in total. The number of rotatable bonds is 4. The van der Waals surface area contributed by atoms with E-state index in [-0.39, 0.29) is 5.75 Å². The number of hydrogen-bond donors (Lipinski definition) is 1. The van der Waals surface area contributed by atoms with E-state index in [4.69, 9.17) is 11.6 Å². The third-order valence-corrected chi connectivity index (χ3v) is 4.48. The van der Waals surface area contributed by atoms with Gasteiger partial charge in [-0.15, -0.1) is 0 Å². The molecule has 2 bridgehead atoms. The number of benzene rings is 1. The first kappa shape index (κ1) is 15.0. The zero-order chi connectivity index (χ0) is 14.8. The maximum atomic E-state index is 12.5. The Hall–Kier alpha value is -0.910. The molecule has 2 aliphatic heterocycles. The largest absolute Gasteiger partial charge is 0.434 e. The lowest BCUT2D eigenvalue weighted by Crippen LogP contribution is -2.35. The molecule has 0 aliphatic carbocycles. The minimum atomic E-state index is -2.81. The minimum absolute atomic E-state index is 0.219. The van der Waals surface area contributed by atoms with Crippen molar-refractivity contribution in [3.8, 4) is 5.75 Å². The van der Waals surface area contributed by atoms with Crippen molar-refractivity contribution in [2.24, 2.45) is 0 Å². The first-order valence-electron chi connectivity index (χ1n) is 7.32. The van der Waals surface area contributed by atoms with Gasteiger partial charge in [0, 0.05) is 42.3 Å². The summed E-state index contributed by atoms with van der Waals surface area (Å²) in [7, 11) is 0. The lowest BCUT2D eigenvalue weighted by Gasteiger charge is -2.25. The third-order valence-electron chi connectivity index (χ3n) is 4.24. The zero-order valence-corrected chi connectivity index (χ0v) is 12.5. The summed E-state index contributed by atoms with van der Waals surface area (Å²) < 4.78 is 29.6. The molecule has 0 aromatic heterocycles. The van der Waals surface area contributed by atoms with Gasteiger partial charge in [-0.1, -0.05) is 11.6 Å². The molecular formula is C15H19ClF2N2O. The summed E-state index contributed by atoms with van der Waals surface area (Å²) in [6.07, 6.45) is 3.54. The van der Waals surface area contributed by atoms with Gasteiger partial charge in [-0.25, -0.2) is 0 Å². The first-order valence-corrected chi connectivity index (χ1v) is 7.69. The summed E-state index contributed by atoms with van der Waals surface area (Å²) in [5, 5.41) is 4.15. The average molecular weight is 317 g/mol. The average Bonchev–Trinajstić information content (AvgIpc) is 2.75. The minimum Gasteiger partial charge on any atom is -0.434 e. The Labute approximate surface area is 128 Å². The highest BCUT2D eigenvalue weighted by Crippen LogP contribution is 2.28. The van der Waals surface area contributed by atoms with Crippen LogP contribution in [0, 0.1) is 0 Å².